The van der Waals surface area contributed by atoms with Gasteiger partial charge in [0.2, 0.25) is 5.91 Å². The summed E-state index contributed by atoms with van der Waals surface area (Å²) in [5.74, 6) is -0.397. The van der Waals surface area contributed by atoms with Crippen molar-refractivity contribution in [2.45, 2.75) is 18.9 Å². The molecule has 1 aromatic carbocycles. The standard InChI is InChI=1S/C15H21FN2O4/c1-20-12-7-10(16)11(8-13(12)21-2)18-15(19)14(17)9-3-5-22-6-4-9/h7-9,14H,3-6,17H2,1-2H3,(H,18,19). The minimum Gasteiger partial charge on any atom is -0.493 e. The van der Waals surface area contributed by atoms with Crippen LogP contribution in [-0.2, 0) is 9.53 Å². The van der Waals surface area contributed by atoms with E-state index in [1.54, 1.807) is 0 Å². The fraction of sp³-hybridized carbons (Fsp3) is 0.533. The van der Waals surface area contributed by atoms with E-state index in [-0.39, 0.29) is 17.4 Å². The average Bonchev–Trinajstić information content (AvgIpc) is 2.56. The Hall–Kier alpha value is -1.86. The molecule has 1 aliphatic rings. The molecule has 0 aromatic heterocycles. The summed E-state index contributed by atoms with van der Waals surface area (Å²) in [5, 5.41) is 2.52. The third-order valence-electron chi connectivity index (χ3n) is 3.81. The molecule has 1 atom stereocenters. The van der Waals surface area contributed by atoms with E-state index in [1.807, 2.05) is 0 Å². The molecule has 0 spiro atoms. The predicted molar refractivity (Wildman–Crippen MR) is 79.7 cm³/mol. The summed E-state index contributed by atoms with van der Waals surface area (Å²) in [4.78, 5) is 12.2. The Morgan fingerprint density at radius 3 is 2.50 bits per heavy atom. The second-order valence-electron chi connectivity index (χ2n) is 5.15. The Kier molecular flexibility index (Phi) is 5.57. The second-order valence-corrected chi connectivity index (χ2v) is 5.15. The van der Waals surface area contributed by atoms with Crippen LogP contribution in [0.4, 0.5) is 10.1 Å². The molecular formula is C15H21FN2O4. The number of nitrogens with one attached hydrogen (secondary N) is 1. The van der Waals surface area contributed by atoms with Crippen LogP contribution in [0.25, 0.3) is 0 Å². The smallest absolute Gasteiger partial charge is 0.241 e. The number of amides is 1. The first kappa shape index (κ1) is 16.5. The lowest BCUT2D eigenvalue weighted by Crippen LogP contribution is -2.44. The zero-order valence-corrected chi connectivity index (χ0v) is 12.7. The summed E-state index contributed by atoms with van der Waals surface area (Å²) in [6, 6.07) is 1.84. The topological polar surface area (TPSA) is 82.8 Å². The number of halogens is 1. The number of anilines is 1. The first-order chi connectivity index (χ1) is 10.6. The van der Waals surface area contributed by atoms with Crippen molar-refractivity contribution in [2.24, 2.45) is 11.7 Å². The van der Waals surface area contributed by atoms with E-state index in [2.05, 4.69) is 5.32 Å². The van der Waals surface area contributed by atoms with Crippen LogP contribution in [0.1, 0.15) is 12.8 Å². The Bertz CT molecular complexity index is 533. The summed E-state index contributed by atoms with van der Waals surface area (Å²) in [6.07, 6.45) is 1.45. The number of carbonyl (C=O) groups is 1. The molecule has 1 saturated heterocycles. The molecule has 1 aromatic rings. The van der Waals surface area contributed by atoms with E-state index in [0.29, 0.717) is 19.0 Å². The van der Waals surface area contributed by atoms with Gasteiger partial charge in [-0.3, -0.25) is 4.79 Å². The van der Waals surface area contributed by atoms with E-state index in [0.717, 1.165) is 18.9 Å². The molecule has 1 unspecified atom stereocenters. The van der Waals surface area contributed by atoms with Gasteiger partial charge in [0.15, 0.2) is 17.3 Å². The fourth-order valence-corrected chi connectivity index (χ4v) is 2.46. The van der Waals surface area contributed by atoms with Gasteiger partial charge in [0.05, 0.1) is 25.9 Å². The van der Waals surface area contributed by atoms with Crippen LogP contribution < -0.4 is 20.5 Å². The van der Waals surface area contributed by atoms with Gasteiger partial charge in [-0.05, 0) is 18.8 Å². The molecule has 1 aliphatic heterocycles. The van der Waals surface area contributed by atoms with Crippen molar-refractivity contribution in [1.29, 1.82) is 0 Å². The molecule has 0 aliphatic carbocycles. The highest BCUT2D eigenvalue weighted by atomic mass is 19.1. The van der Waals surface area contributed by atoms with Crippen LogP contribution in [0.5, 0.6) is 11.5 Å². The van der Waals surface area contributed by atoms with Gasteiger partial charge in [0, 0.05) is 25.3 Å². The summed E-state index contributed by atoms with van der Waals surface area (Å²) in [5.41, 5.74) is 5.99. The van der Waals surface area contributed by atoms with E-state index in [4.69, 9.17) is 19.9 Å². The lowest BCUT2D eigenvalue weighted by Gasteiger charge is -2.26. The largest absolute Gasteiger partial charge is 0.493 e. The first-order valence-corrected chi connectivity index (χ1v) is 7.12. The molecular weight excluding hydrogens is 291 g/mol. The summed E-state index contributed by atoms with van der Waals surface area (Å²) in [7, 11) is 2.85. The van der Waals surface area contributed by atoms with Crippen LogP contribution >= 0.6 is 0 Å². The van der Waals surface area contributed by atoms with E-state index in [9.17, 15) is 9.18 Å². The van der Waals surface area contributed by atoms with E-state index >= 15 is 0 Å². The van der Waals surface area contributed by atoms with Crippen molar-refractivity contribution in [1.82, 2.24) is 0 Å². The zero-order valence-electron chi connectivity index (χ0n) is 12.7. The van der Waals surface area contributed by atoms with Crippen molar-refractivity contribution in [3.63, 3.8) is 0 Å². The third kappa shape index (κ3) is 3.66. The third-order valence-corrected chi connectivity index (χ3v) is 3.81. The van der Waals surface area contributed by atoms with Crippen LogP contribution in [0.3, 0.4) is 0 Å². The van der Waals surface area contributed by atoms with Gasteiger partial charge in [-0.2, -0.15) is 0 Å². The highest BCUT2D eigenvalue weighted by molar-refractivity contribution is 5.95. The van der Waals surface area contributed by atoms with Gasteiger partial charge in [-0.15, -0.1) is 0 Å². The number of nitrogens with two attached hydrogens (primary N) is 1. The molecule has 7 heteroatoms. The number of methoxy groups -OCH3 is 2. The van der Waals surface area contributed by atoms with E-state index < -0.39 is 17.8 Å². The van der Waals surface area contributed by atoms with Gasteiger partial charge in [0.25, 0.3) is 0 Å². The van der Waals surface area contributed by atoms with Crippen LogP contribution in [0.2, 0.25) is 0 Å². The molecule has 0 bridgehead atoms. The summed E-state index contributed by atoms with van der Waals surface area (Å²) >= 11 is 0. The molecule has 6 nitrogen and oxygen atoms in total. The maximum absolute atomic E-state index is 14.0. The Morgan fingerprint density at radius 2 is 1.91 bits per heavy atom. The quantitative estimate of drug-likeness (QED) is 0.861. The Labute approximate surface area is 128 Å². The lowest BCUT2D eigenvalue weighted by atomic mass is 9.92. The molecule has 122 valence electrons. The molecule has 1 amide bonds. The minimum atomic E-state index is -0.698. The number of ether oxygens (including phenoxy) is 3. The average molecular weight is 312 g/mol. The highest BCUT2D eigenvalue weighted by Crippen LogP contribution is 2.32. The molecule has 3 N–H and O–H groups in total. The monoisotopic (exact) mass is 312 g/mol. The van der Waals surface area contributed by atoms with Crippen molar-refractivity contribution in [3.05, 3.63) is 17.9 Å². The molecule has 2 rings (SSSR count). The van der Waals surface area contributed by atoms with Crippen LogP contribution in [-0.4, -0.2) is 39.4 Å². The van der Waals surface area contributed by atoms with Crippen LogP contribution in [0.15, 0.2) is 12.1 Å². The first-order valence-electron chi connectivity index (χ1n) is 7.12. The summed E-state index contributed by atoms with van der Waals surface area (Å²) in [6.45, 7) is 1.19. The minimum absolute atomic E-state index is 0.0187. The van der Waals surface area contributed by atoms with Gasteiger partial charge in [-0.25, -0.2) is 4.39 Å². The SMILES string of the molecule is COc1cc(F)c(NC(=O)C(N)C2CCOCC2)cc1OC. The maximum atomic E-state index is 14.0. The van der Waals surface area contributed by atoms with Crippen molar-refractivity contribution < 1.29 is 23.4 Å². The number of rotatable bonds is 5. The normalized spacial score (nSPS) is 16.9. The molecule has 0 radical (unpaired) electrons. The van der Waals surface area contributed by atoms with Crippen molar-refractivity contribution in [2.75, 3.05) is 32.8 Å². The van der Waals surface area contributed by atoms with Gasteiger partial charge >= 0.3 is 0 Å². The number of carbonyl (C=O) groups excluding carboxylic acids is 1. The molecule has 22 heavy (non-hydrogen) atoms. The van der Waals surface area contributed by atoms with Crippen molar-refractivity contribution in [3.8, 4) is 11.5 Å². The Balaban J connectivity index is 2.10. The number of benzene rings is 1. The fourth-order valence-electron chi connectivity index (χ4n) is 2.46. The van der Waals surface area contributed by atoms with Gasteiger partial charge < -0.3 is 25.3 Å². The number of hydrogen-bond donors (Lipinski definition) is 2. The lowest BCUT2D eigenvalue weighted by molar-refractivity contribution is -0.119. The van der Waals surface area contributed by atoms with Crippen molar-refractivity contribution >= 4 is 11.6 Å². The van der Waals surface area contributed by atoms with Crippen LogP contribution in [0, 0.1) is 11.7 Å². The van der Waals surface area contributed by atoms with Gasteiger partial charge in [-0.1, -0.05) is 0 Å². The predicted octanol–water partition coefficient (Wildman–Crippen LogP) is 1.54. The highest BCUT2D eigenvalue weighted by Gasteiger charge is 2.27. The molecule has 0 saturated carbocycles. The van der Waals surface area contributed by atoms with Gasteiger partial charge in [0.1, 0.15) is 0 Å². The number of hydrogen-bond acceptors (Lipinski definition) is 5. The Morgan fingerprint density at radius 1 is 1.32 bits per heavy atom. The molecule has 1 heterocycles. The molecule has 1 fully saturated rings. The zero-order chi connectivity index (χ0) is 16.1. The second kappa shape index (κ2) is 7.42. The van der Waals surface area contributed by atoms with E-state index in [1.165, 1.54) is 20.3 Å². The summed E-state index contributed by atoms with van der Waals surface area (Å²) < 4.78 is 29.4. The maximum Gasteiger partial charge on any atom is 0.241 e.